The van der Waals surface area contributed by atoms with Gasteiger partial charge < -0.3 is 14.2 Å². The minimum absolute atomic E-state index is 0.114. The molecule has 0 fully saturated rings. The van der Waals surface area contributed by atoms with Crippen molar-refractivity contribution < 1.29 is 28.6 Å². The standard InChI is InChI=1S/C30H43NO6S/c1-11-35-26(33)24(36-28(3,4)5)22-18(2)38-25(23(22)19-12-14-30(9,10)15-13-19)20-16-21(32)31(17-20)27(34)37-29(6,7)8/h12,16,24H,11,13-15,17H2,1-10H3. The number of hydrogen-bond donors (Lipinski definition) is 0. The third-order valence-electron chi connectivity index (χ3n) is 6.46. The monoisotopic (exact) mass is 545 g/mol. The molecule has 1 aliphatic carbocycles. The highest BCUT2D eigenvalue weighted by Gasteiger charge is 2.39. The molecule has 2 aliphatic rings. The smallest absolute Gasteiger partial charge is 0.417 e. The Bertz CT molecular complexity index is 1160. The van der Waals surface area contributed by atoms with E-state index in [9.17, 15) is 14.4 Å². The summed E-state index contributed by atoms with van der Waals surface area (Å²) in [5.41, 5.74) is 2.46. The summed E-state index contributed by atoms with van der Waals surface area (Å²) in [6.45, 7) is 19.7. The molecule has 0 aromatic carbocycles. The minimum atomic E-state index is -0.912. The molecule has 0 radical (unpaired) electrons. The van der Waals surface area contributed by atoms with E-state index < -0.39 is 35.3 Å². The van der Waals surface area contributed by atoms with Crippen LogP contribution < -0.4 is 0 Å². The fourth-order valence-corrected chi connectivity index (χ4v) is 5.87. The summed E-state index contributed by atoms with van der Waals surface area (Å²) in [5.74, 6) is -0.834. The van der Waals surface area contributed by atoms with Crippen LogP contribution in [-0.4, -0.2) is 47.2 Å². The summed E-state index contributed by atoms with van der Waals surface area (Å²) < 4.78 is 17.3. The number of allylic oxidation sites excluding steroid dienone is 2. The highest BCUT2D eigenvalue weighted by atomic mass is 32.1. The number of imide groups is 1. The number of carbonyl (C=O) groups is 3. The van der Waals surface area contributed by atoms with Gasteiger partial charge in [0.25, 0.3) is 5.91 Å². The summed E-state index contributed by atoms with van der Waals surface area (Å²) in [5, 5.41) is 0. The van der Waals surface area contributed by atoms with Gasteiger partial charge in [0.05, 0.1) is 18.8 Å². The van der Waals surface area contributed by atoms with Crippen LogP contribution in [0.2, 0.25) is 0 Å². The fraction of sp³-hybridized carbons (Fsp3) is 0.633. The topological polar surface area (TPSA) is 82.1 Å². The van der Waals surface area contributed by atoms with Crippen LogP contribution in [-0.2, 0) is 23.8 Å². The average Bonchev–Trinajstić information content (AvgIpc) is 3.30. The lowest BCUT2D eigenvalue weighted by atomic mass is 9.76. The van der Waals surface area contributed by atoms with Gasteiger partial charge in [-0.1, -0.05) is 19.9 Å². The molecule has 0 bridgehead atoms. The van der Waals surface area contributed by atoms with E-state index in [1.54, 1.807) is 27.7 Å². The molecule has 3 rings (SSSR count). The van der Waals surface area contributed by atoms with Gasteiger partial charge in [0.1, 0.15) is 5.60 Å². The first-order chi connectivity index (χ1) is 17.4. The van der Waals surface area contributed by atoms with Gasteiger partial charge >= 0.3 is 12.1 Å². The number of rotatable bonds is 6. The van der Waals surface area contributed by atoms with E-state index in [-0.39, 0.29) is 18.6 Å². The molecule has 2 heterocycles. The molecule has 38 heavy (non-hydrogen) atoms. The number of amides is 2. The van der Waals surface area contributed by atoms with Gasteiger partial charge in [-0.2, -0.15) is 0 Å². The molecule has 1 aromatic rings. The molecule has 0 spiro atoms. The average molecular weight is 546 g/mol. The molecule has 8 heteroatoms. The van der Waals surface area contributed by atoms with Crippen LogP contribution in [0.5, 0.6) is 0 Å². The molecular formula is C30H43NO6S. The van der Waals surface area contributed by atoms with Gasteiger partial charge in [0.2, 0.25) is 0 Å². The Morgan fingerprint density at radius 3 is 2.29 bits per heavy atom. The van der Waals surface area contributed by atoms with Crippen LogP contribution in [0.15, 0.2) is 12.2 Å². The van der Waals surface area contributed by atoms with Crippen molar-refractivity contribution in [1.29, 1.82) is 0 Å². The van der Waals surface area contributed by atoms with Crippen LogP contribution in [0.4, 0.5) is 4.79 Å². The molecule has 2 amide bonds. The Kier molecular flexibility index (Phi) is 8.69. The van der Waals surface area contributed by atoms with Crippen molar-refractivity contribution in [2.45, 2.75) is 106 Å². The van der Waals surface area contributed by atoms with E-state index in [2.05, 4.69) is 19.9 Å². The van der Waals surface area contributed by atoms with Gasteiger partial charge in [-0.15, -0.1) is 11.3 Å². The van der Waals surface area contributed by atoms with Crippen LogP contribution in [0, 0.1) is 12.3 Å². The maximum Gasteiger partial charge on any atom is 0.417 e. The second-order valence-electron chi connectivity index (χ2n) is 12.8. The van der Waals surface area contributed by atoms with E-state index in [1.165, 1.54) is 17.4 Å². The Morgan fingerprint density at radius 2 is 1.76 bits per heavy atom. The Morgan fingerprint density at radius 1 is 1.11 bits per heavy atom. The number of aryl methyl sites for hydroxylation is 1. The normalized spacial score (nSPS) is 18.7. The number of ether oxygens (including phenoxy) is 3. The first-order valence-corrected chi connectivity index (χ1v) is 14.2. The molecule has 1 unspecified atom stereocenters. The Labute approximate surface area is 231 Å². The fourth-order valence-electron chi connectivity index (χ4n) is 4.65. The largest absolute Gasteiger partial charge is 0.464 e. The highest BCUT2D eigenvalue weighted by Crippen LogP contribution is 2.48. The number of carbonyl (C=O) groups excluding carboxylic acids is 3. The molecule has 0 N–H and O–H groups in total. The van der Waals surface area contributed by atoms with E-state index in [4.69, 9.17) is 14.2 Å². The molecule has 1 atom stereocenters. The van der Waals surface area contributed by atoms with Crippen molar-refractivity contribution >= 4 is 40.5 Å². The number of nitrogens with zero attached hydrogens (tertiary/aromatic N) is 1. The molecule has 210 valence electrons. The SMILES string of the molecule is CCOC(=O)C(OC(C)(C)C)c1c(C)sc(C2=CC(=O)N(C(=O)OC(C)(C)C)C2)c1C1=CCC(C)(C)CC1. The van der Waals surface area contributed by atoms with Gasteiger partial charge in [0, 0.05) is 27.0 Å². The lowest BCUT2D eigenvalue weighted by Crippen LogP contribution is -2.38. The summed E-state index contributed by atoms with van der Waals surface area (Å²) in [6, 6.07) is 0. The zero-order valence-corrected chi connectivity index (χ0v) is 25.4. The zero-order chi connectivity index (χ0) is 28.6. The summed E-state index contributed by atoms with van der Waals surface area (Å²) in [7, 11) is 0. The predicted molar refractivity (Wildman–Crippen MR) is 151 cm³/mol. The quantitative estimate of drug-likeness (QED) is 0.351. The van der Waals surface area contributed by atoms with Crippen LogP contribution in [0.3, 0.4) is 0 Å². The zero-order valence-electron chi connectivity index (χ0n) is 24.6. The Hall–Kier alpha value is -2.45. The molecule has 7 nitrogen and oxygen atoms in total. The number of hydrogen-bond acceptors (Lipinski definition) is 7. The molecule has 1 aromatic heterocycles. The Balaban J connectivity index is 2.14. The van der Waals surface area contributed by atoms with Gasteiger partial charge in [-0.3, -0.25) is 4.79 Å². The second-order valence-corrected chi connectivity index (χ2v) is 14.0. The first-order valence-electron chi connectivity index (χ1n) is 13.3. The van der Waals surface area contributed by atoms with E-state index >= 15 is 0 Å². The van der Waals surface area contributed by atoms with Gasteiger partial charge in [-0.25, -0.2) is 14.5 Å². The predicted octanol–water partition coefficient (Wildman–Crippen LogP) is 7.23. The van der Waals surface area contributed by atoms with Crippen molar-refractivity contribution in [3.63, 3.8) is 0 Å². The van der Waals surface area contributed by atoms with E-state index in [0.717, 1.165) is 56.2 Å². The molecule has 0 saturated heterocycles. The van der Waals surface area contributed by atoms with Crippen LogP contribution >= 0.6 is 11.3 Å². The van der Waals surface area contributed by atoms with Gasteiger partial charge in [0.15, 0.2) is 6.10 Å². The third kappa shape index (κ3) is 7.14. The van der Waals surface area contributed by atoms with Crippen molar-refractivity contribution in [2.24, 2.45) is 5.41 Å². The first kappa shape index (κ1) is 30.1. The summed E-state index contributed by atoms with van der Waals surface area (Å²) >= 11 is 1.52. The summed E-state index contributed by atoms with van der Waals surface area (Å²) in [6.07, 6.45) is 4.93. The van der Waals surface area contributed by atoms with Crippen molar-refractivity contribution in [2.75, 3.05) is 13.2 Å². The lowest BCUT2D eigenvalue weighted by Gasteiger charge is -2.31. The van der Waals surface area contributed by atoms with Gasteiger partial charge in [-0.05, 0) is 91.2 Å². The summed E-state index contributed by atoms with van der Waals surface area (Å²) in [4.78, 5) is 41.9. The molecule has 1 aliphatic heterocycles. The molecular weight excluding hydrogens is 502 g/mol. The van der Waals surface area contributed by atoms with Crippen molar-refractivity contribution in [3.8, 4) is 0 Å². The second kappa shape index (κ2) is 11.0. The van der Waals surface area contributed by atoms with E-state index in [0.29, 0.717) is 0 Å². The van der Waals surface area contributed by atoms with Crippen LogP contribution in [0.1, 0.15) is 109 Å². The number of esters is 1. The van der Waals surface area contributed by atoms with Crippen LogP contribution in [0.25, 0.3) is 11.1 Å². The van der Waals surface area contributed by atoms with E-state index in [1.807, 2.05) is 27.7 Å². The van der Waals surface area contributed by atoms with Crippen molar-refractivity contribution in [3.05, 3.63) is 33.0 Å². The minimum Gasteiger partial charge on any atom is -0.464 e. The van der Waals surface area contributed by atoms with Crippen molar-refractivity contribution in [1.82, 2.24) is 4.90 Å². The lowest BCUT2D eigenvalue weighted by molar-refractivity contribution is -0.166. The maximum absolute atomic E-state index is 13.3. The highest BCUT2D eigenvalue weighted by molar-refractivity contribution is 7.13. The maximum atomic E-state index is 13.3. The number of thiophene rings is 1. The molecule has 0 saturated carbocycles. The third-order valence-corrected chi connectivity index (χ3v) is 7.65.